The first-order chi connectivity index (χ1) is 8.02. The van der Waals surface area contributed by atoms with Crippen LogP contribution in [0.3, 0.4) is 0 Å². The molecule has 6 nitrogen and oxygen atoms in total. The number of aliphatic hydroxyl groups is 1. The Bertz CT molecular complexity index is 328. The molecule has 1 saturated heterocycles. The van der Waals surface area contributed by atoms with E-state index >= 15 is 0 Å². The number of nitrogens with one attached hydrogen (secondary N) is 1. The monoisotopic (exact) mass is 241 g/mol. The highest BCUT2D eigenvalue weighted by Crippen LogP contribution is 2.44. The molecule has 0 radical (unpaired) electrons. The Labute approximate surface area is 100 Å². The second-order valence-electron chi connectivity index (χ2n) is 5.06. The predicted molar refractivity (Wildman–Crippen MR) is 61.1 cm³/mol. The Hall–Kier alpha value is -1.14. The topological polar surface area (TPSA) is 95.7 Å². The number of nitrogens with zero attached hydrogens (tertiary/aromatic N) is 1. The highest BCUT2D eigenvalue weighted by Gasteiger charge is 2.46. The van der Waals surface area contributed by atoms with Crippen LogP contribution in [0.2, 0.25) is 0 Å². The number of carbonyl (C=O) groups is 2. The molecule has 1 aliphatic heterocycles. The van der Waals surface area contributed by atoms with Crippen LogP contribution >= 0.6 is 0 Å². The molecule has 4 N–H and O–H groups in total. The minimum absolute atomic E-state index is 0.0212. The predicted octanol–water partition coefficient (Wildman–Crippen LogP) is -0.439. The van der Waals surface area contributed by atoms with E-state index < -0.39 is 6.03 Å². The van der Waals surface area contributed by atoms with Crippen LogP contribution in [0.15, 0.2) is 0 Å². The van der Waals surface area contributed by atoms with Gasteiger partial charge in [-0.3, -0.25) is 15.0 Å². The SMILES string of the molecule is NC(=O)NC(=O)CN1CCC(O)CC12CCC2. The molecular formula is C11H19N3O3. The van der Waals surface area contributed by atoms with Crippen LogP contribution in [0, 0.1) is 0 Å². The van der Waals surface area contributed by atoms with Gasteiger partial charge in [-0.1, -0.05) is 0 Å². The molecule has 2 fully saturated rings. The van der Waals surface area contributed by atoms with Crippen molar-refractivity contribution in [1.29, 1.82) is 0 Å². The number of nitrogens with two attached hydrogens (primary N) is 1. The molecule has 2 aliphatic rings. The molecule has 1 spiro atoms. The van der Waals surface area contributed by atoms with E-state index in [1.807, 2.05) is 0 Å². The molecule has 0 aromatic carbocycles. The molecule has 2 rings (SSSR count). The van der Waals surface area contributed by atoms with Gasteiger partial charge in [0.2, 0.25) is 5.91 Å². The van der Waals surface area contributed by atoms with Crippen molar-refractivity contribution >= 4 is 11.9 Å². The number of hydrogen-bond acceptors (Lipinski definition) is 4. The fourth-order valence-electron chi connectivity index (χ4n) is 2.91. The average molecular weight is 241 g/mol. The first-order valence-corrected chi connectivity index (χ1v) is 6.04. The van der Waals surface area contributed by atoms with Gasteiger partial charge in [0.25, 0.3) is 0 Å². The van der Waals surface area contributed by atoms with Crippen LogP contribution in [0.1, 0.15) is 32.1 Å². The lowest BCUT2D eigenvalue weighted by atomic mass is 9.69. The summed E-state index contributed by atoms with van der Waals surface area (Å²) in [5, 5.41) is 11.8. The quantitative estimate of drug-likeness (QED) is 0.610. The van der Waals surface area contributed by atoms with Crippen molar-refractivity contribution in [2.45, 2.75) is 43.7 Å². The molecule has 1 heterocycles. The molecule has 1 saturated carbocycles. The average Bonchev–Trinajstić information content (AvgIpc) is 2.17. The zero-order valence-electron chi connectivity index (χ0n) is 9.82. The van der Waals surface area contributed by atoms with Gasteiger partial charge in [-0.15, -0.1) is 0 Å². The Morgan fingerprint density at radius 3 is 2.71 bits per heavy atom. The molecule has 3 amide bonds. The highest BCUT2D eigenvalue weighted by molar-refractivity contribution is 5.94. The molecule has 96 valence electrons. The second-order valence-corrected chi connectivity index (χ2v) is 5.06. The number of hydrogen-bond donors (Lipinski definition) is 3. The van der Waals surface area contributed by atoms with E-state index in [2.05, 4.69) is 10.2 Å². The molecule has 1 atom stereocenters. The van der Waals surface area contributed by atoms with Crippen molar-refractivity contribution in [3.63, 3.8) is 0 Å². The summed E-state index contributed by atoms with van der Waals surface area (Å²) in [7, 11) is 0. The van der Waals surface area contributed by atoms with E-state index in [9.17, 15) is 14.7 Å². The van der Waals surface area contributed by atoms with Crippen LogP contribution in [-0.2, 0) is 4.79 Å². The molecule has 0 aromatic heterocycles. The van der Waals surface area contributed by atoms with Gasteiger partial charge in [0.1, 0.15) is 0 Å². The number of imide groups is 1. The zero-order chi connectivity index (χ0) is 12.5. The number of piperidine rings is 1. The summed E-state index contributed by atoms with van der Waals surface area (Å²) >= 11 is 0. The first-order valence-electron chi connectivity index (χ1n) is 6.04. The van der Waals surface area contributed by atoms with Crippen LogP contribution < -0.4 is 11.1 Å². The van der Waals surface area contributed by atoms with E-state index in [4.69, 9.17) is 5.73 Å². The Balaban J connectivity index is 1.95. The molecular weight excluding hydrogens is 222 g/mol. The van der Waals surface area contributed by atoms with Gasteiger partial charge in [-0.05, 0) is 32.1 Å². The standard InChI is InChI=1S/C11H19N3O3/c12-10(17)13-9(16)7-14-5-2-8(15)6-11(14)3-1-4-11/h8,15H,1-7H2,(H3,12,13,16,17). The lowest BCUT2D eigenvalue weighted by Crippen LogP contribution is -2.61. The molecule has 0 aromatic rings. The third kappa shape index (κ3) is 2.58. The van der Waals surface area contributed by atoms with Crippen molar-refractivity contribution < 1.29 is 14.7 Å². The Kier molecular flexibility index (Phi) is 3.35. The Morgan fingerprint density at radius 2 is 2.18 bits per heavy atom. The number of amides is 3. The number of urea groups is 1. The fraction of sp³-hybridized carbons (Fsp3) is 0.818. The fourth-order valence-corrected chi connectivity index (χ4v) is 2.91. The van der Waals surface area contributed by atoms with Crippen LogP contribution in [-0.4, -0.2) is 46.7 Å². The normalized spacial score (nSPS) is 27.5. The zero-order valence-corrected chi connectivity index (χ0v) is 9.82. The summed E-state index contributed by atoms with van der Waals surface area (Å²) in [5.41, 5.74) is 4.88. The first kappa shape index (κ1) is 12.3. The molecule has 1 aliphatic carbocycles. The van der Waals surface area contributed by atoms with E-state index in [1.165, 1.54) is 0 Å². The number of aliphatic hydroxyl groups excluding tert-OH is 1. The van der Waals surface area contributed by atoms with Gasteiger partial charge in [0.05, 0.1) is 12.6 Å². The number of rotatable bonds is 2. The molecule has 17 heavy (non-hydrogen) atoms. The maximum Gasteiger partial charge on any atom is 0.318 e. The Morgan fingerprint density at radius 1 is 1.47 bits per heavy atom. The van der Waals surface area contributed by atoms with Gasteiger partial charge >= 0.3 is 6.03 Å². The third-order valence-electron chi connectivity index (χ3n) is 3.90. The third-order valence-corrected chi connectivity index (χ3v) is 3.90. The maximum absolute atomic E-state index is 11.5. The minimum Gasteiger partial charge on any atom is -0.393 e. The summed E-state index contributed by atoms with van der Waals surface area (Å²) in [6, 6.07) is -0.810. The van der Waals surface area contributed by atoms with Crippen LogP contribution in [0.25, 0.3) is 0 Å². The minimum atomic E-state index is -0.810. The van der Waals surface area contributed by atoms with Crippen molar-refractivity contribution in [3.05, 3.63) is 0 Å². The number of carbonyl (C=O) groups excluding carboxylic acids is 2. The smallest absolute Gasteiger partial charge is 0.318 e. The van der Waals surface area contributed by atoms with Gasteiger partial charge in [0, 0.05) is 12.1 Å². The largest absolute Gasteiger partial charge is 0.393 e. The summed E-state index contributed by atoms with van der Waals surface area (Å²) in [4.78, 5) is 24.2. The van der Waals surface area contributed by atoms with Gasteiger partial charge in [-0.2, -0.15) is 0 Å². The lowest BCUT2D eigenvalue weighted by molar-refractivity contribution is -0.128. The molecule has 0 bridgehead atoms. The molecule has 1 unspecified atom stereocenters. The van der Waals surface area contributed by atoms with Crippen LogP contribution in [0.4, 0.5) is 4.79 Å². The number of primary amides is 1. The van der Waals surface area contributed by atoms with Gasteiger partial charge in [0.15, 0.2) is 0 Å². The summed E-state index contributed by atoms with van der Waals surface area (Å²) < 4.78 is 0. The van der Waals surface area contributed by atoms with Gasteiger partial charge < -0.3 is 10.8 Å². The second kappa shape index (κ2) is 4.62. The molecule has 6 heteroatoms. The number of likely N-dealkylation sites (tertiary alicyclic amines) is 1. The lowest BCUT2D eigenvalue weighted by Gasteiger charge is -2.54. The van der Waals surface area contributed by atoms with E-state index in [-0.39, 0.29) is 24.1 Å². The maximum atomic E-state index is 11.5. The van der Waals surface area contributed by atoms with Crippen molar-refractivity contribution in [2.75, 3.05) is 13.1 Å². The van der Waals surface area contributed by atoms with E-state index in [1.54, 1.807) is 0 Å². The highest BCUT2D eigenvalue weighted by atomic mass is 16.3. The van der Waals surface area contributed by atoms with Crippen molar-refractivity contribution in [2.24, 2.45) is 5.73 Å². The van der Waals surface area contributed by atoms with Crippen LogP contribution in [0.5, 0.6) is 0 Å². The van der Waals surface area contributed by atoms with E-state index in [0.717, 1.165) is 25.7 Å². The van der Waals surface area contributed by atoms with Crippen molar-refractivity contribution in [3.8, 4) is 0 Å². The van der Waals surface area contributed by atoms with Crippen molar-refractivity contribution in [1.82, 2.24) is 10.2 Å². The summed E-state index contributed by atoms with van der Waals surface area (Å²) in [5.74, 6) is -0.361. The van der Waals surface area contributed by atoms with Gasteiger partial charge in [-0.25, -0.2) is 4.79 Å². The van der Waals surface area contributed by atoms with E-state index in [0.29, 0.717) is 13.0 Å². The summed E-state index contributed by atoms with van der Waals surface area (Å²) in [6.45, 7) is 0.892. The summed E-state index contributed by atoms with van der Waals surface area (Å²) in [6.07, 6.45) is 4.34.